The molecular weight excluding hydrogens is 499 g/mol. The maximum Gasteiger partial charge on any atom is 0.338 e. The van der Waals surface area contributed by atoms with Crippen LogP contribution in [-0.4, -0.2) is 61.0 Å². The molecular formula is C24H27FO10S. The summed E-state index contributed by atoms with van der Waals surface area (Å²) in [5, 5.41) is 0. The lowest BCUT2D eigenvalue weighted by atomic mass is 9.78. The Labute approximate surface area is 207 Å². The summed E-state index contributed by atoms with van der Waals surface area (Å²) < 4.78 is 67.1. The van der Waals surface area contributed by atoms with Crippen molar-refractivity contribution in [2.45, 2.75) is 56.8 Å². The molecule has 0 aromatic heterocycles. The van der Waals surface area contributed by atoms with E-state index < -0.39 is 81.8 Å². The lowest BCUT2D eigenvalue weighted by molar-refractivity contribution is -0.155. The molecule has 1 aliphatic heterocycles. The third-order valence-corrected chi connectivity index (χ3v) is 8.51. The highest BCUT2D eigenvalue weighted by molar-refractivity contribution is 7.85. The second kappa shape index (κ2) is 8.98. The van der Waals surface area contributed by atoms with E-state index in [2.05, 4.69) is 0 Å². The van der Waals surface area contributed by atoms with Gasteiger partial charge in [0.25, 0.3) is 10.1 Å². The van der Waals surface area contributed by atoms with Crippen LogP contribution in [0.25, 0.3) is 0 Å². The van der Waals surface area contributed by atoms with Crippen molar-refractivity contribution in [1.29, 1.82) is 0 Å². The van der Waals surface area contributed by atoms with Crippen molar-refractivity contribution in [3.8, 4) is 5.75 Å². The van der Waals surface area contributed by atoms with Crippen molar-refractivity contribution >= 4 is 28.0 Å². The third kappa shape index (κ3) is 4.56. The summed E-state index contributed by atoms with van der Waals surface area (Å²) in [6, 6.07) is 3.70. The largest absolute Gasteiger partial charge is 0.484 e. The fourth-order valence-electron chi connectivity index (χ4n) is 6.20. The Morgan fingerprint density at radius 1 is 1.22 bits per heavy atom. The summed E-state index contributed by atoms with van der Waals surface area (Å²) >= 11 is 0. The number of rotatable bonds is 8. The molecule has 3 aliphatic carbocycles. The van der Waals surface area contributed by atoms with Crippen molar-refractivity contribution in [1.82, 2.24) is 0 Å². The molecule has 6 atom stereocenters. The highest BCUT2D eigenvalue weighted by atomic mass is 32.2. The van der Waals surface area contributed by atoms with Crippen LogP contribution in [0.4, 0.5) is 4.39 Å². The van der Waals surface area contributed by atoms with Gasteiger partial charge in [0, 0.05) is 11.8 Å². The van der Waals surface area contributed by atoms with Crippen LogP contribution in [0.15, 0.2) is 18.2 Å². The molecule has 12 heteroatoms. The van der Waals surface area contributed by atoms with Gasteiger partial charge < -0.3 is 18.9 Å². The third-order valence-electron chi connectivity index (χ3n) is 7.83. The SMILES string of the molecule is CC1(Oc2cc(C(=O)OC3C4CC5C3OC(=O)C5C4C(=O)OCCS(=O)(=O)O)ccc2F)CCCC1. The van der Waals surface area contributed by atoms with E-state index in [0.717, 1.165) is 31.7 Å². The molecule has 3 saturated carbocycles. The summed E-state index contributed by atoms with van der Waals surface area (Å²) in [6.07, 6.45) is 2.30. The van der Waals surface area contributed by atoms with E-state index in [9.17, 15) is 27.2 Å². The Bertz CT molecular complexity index is 1190. The summed E-state index contributed by atoms with van der Waals surface area (Å²) in [5.41, 5.74) is -0.451. The molecule has 1 aromatic rings. The number of halogens is 1. The average Bonchev–Trinajstić information content (AvgIpc) is 3.52. The molecule has 1 heterocycles. The Kier molecular flexibility index (Phi) is 6.22. The van der Waals surface area contributed by atoms with Gasteiger partial charge in [0.15, 0.2) is 11.6 Å². The van der Waals surface area contributed by atoms with E-state index in [-0.39, 0.29) is 17.2 Å². The molecule has 1 aromatic carbocycles. The van der Waals surface area contributed by atoms with Gasteiger partial charge in [-0.05, 0) is 57.2 Å². The number of hydrogen-bond donors (Lipinski definition) is 1. The number of carbonyl (C=O) groups is 3. The molecule has 0 spiro atoms. The standard InChI is InChI=1S/C24H27FO10S/c1-24(6-2-3-7-24)35-16-10-12(4-5-15(16)25)21(26)33-19-13-11-14-18(23(28)34-20(14)19)17(13)22(27)32-8-9-36(29,30)31/h4-5,10,13-14,17-20H,2-3,6-9,11H2,1H3,(H,29,30,31). The van der Waals surface area contributed by atoms with Gasteiger partial charge in [0.1, 0.15) is 30.2 Å². The van der Waals surface area contributed by atoms with Gasteiger partial charge in [-0.3, -0.25) is 14.1 Å². The number of esters is 3. The number of ether oxygens (including phenoxy) is 4. The second-order valence-electron chi connectivity index (χ2n) is 10.2. The minimum absolute atomic E-state index is 0.0468. The van der Waals surface area contributed by atoms with E-state index in [1.807, 2.05) is 6.92 Å². The summed E-state index contributed by atoms with van der Waals surface area (Å²) in [7, 11) is -4.33. The molecule has 0 amide bonds. The van der Waals surface area contributed by atoms with Gasteiger partial charge in [0.05, 0.1) is 17.4 Å². The topological polar surface area (TPSA) is 142 Å². The lowest BCUT2D eigenvalue weighted by Gasteiger charge is -2.30. The number of benzene rings is 1. The number of carbonyl (C=O) groups excluding carboxylic acids is 3. The van der Waals surface area contributed by atoms with Crippen LogP contribution in [0.1, 0.15) is 49.4 Å². The van der Waals surface area contributed by atoms with Crippen molar-refractivity contribution in [2.24, 2.45) is 23.7 Å². The van der Waals surface area contributed by atoms with Crippen LogP contribution in [0.3, 0.4) is 0 Å². The predicted octanol–water partition coefficient (Wildman–Crippen LogP) is 2.30. The fraction of sp³-hybridized carbons (Fsp3) is 0.625. The zero-order chi connectivity index (χ0) is 25.8. The maximum absolute atomic E-state index is 14.4. The summed E-state index contributed by atoms with van der Waals surface area (Å²) in [4.78, 5) is 38.2. The van der Waals surface area contributed by atoms with E-state index >= 15 is 0 Å². The van der Waals surface area contributed by atoms with Gasteiger partial charge in [-0.25, -0.2) is 9.18 Å². The molecule has 1 N–H and O–H groups in total. The highest BCUT2D eigenvalue weighted by Gasteiger charge is 2.70. The zero-order valence-corrected chi connectivity index (χ0v) is 20.4. The molecule has 6 unspecified atom stereocenters. The molecule has 4 fully saturated rings. The number of hydrogen-bond acceptors (Lipinski definition) is 9. The van der Waals surface area contributed by atoms with Crippen LogP contribution >= 0.6 is 0 Å². The molecule has 196 valence electrons. The highest BCUT2D eigenvalue weighted by Crippen LogP contribution is 2.59. The van der Waals surface area contributed by atoms with Gasteiger partial charge in [0.2, 0.25) is 0 Å². The van der Waals surface area contributed by atoms with Crippen molar-refractivity contribution in [3.05, 3.63) is 29.6 Å². The second-order valence-corrected chi connectivity index (χ2v) is 11.8. The van der Waals surface area contributed by atoms with E-state index in [0.29, 0.717) is 6.42 Å². The van der Waals surface area contributed by atoms with Crippen molar-refractivity contribution in [3.63, 3.8) is 0 Å². The van der Waals surface area contributed by atoms with Gasteiger partial charge in [-0.1, -0.05) is 0 Å². The number of fused-ring (bicyclic) bond motifs is 1. The summed E-state index contributed by atoms with van der Waals surface area (Å²) in [5.74, 6) is -6.21. The quantitative estimate of drug-likeness (QED) is 0.304. The van der Waals surface area contributed by atoms with E-state index in [1.165, 1.54) is 12.1 Å². The minimum Gasteiger partial charge on any atom is -0.484 e. The Morgan fingerprint density at radius 3 is 2.64 bits per heavy atom. The first-order valence-corrected chi connectivity index (χ1v) is 13.6. The monoisotopic (exact) mass is 526 g/mol. The van der Waals surface area contributed by atoms with Crippen LogP contribution < -0.4 is 4.74 Å². The summed E-state index contributed by atoms with van der Waals surface area (Å²) in [6.45, 7) is 1.33. The zero-order valence-electron chi connectivity index (χ0n) is 19.6. The average molecular weight is 527 g/mol. The maximum atomic E-state index is 14.4. The predicted molar refractivity (Wildman–Crippen MR) is 119 cm³/mol. The molecule has 5 rings (SSSR count). The van der Waals surface area contributed by atoms with Crippen molar-refractivity contribution in [2.75, 3.05) is 12.4 Å². The normalized spacial score (nSPS) is 31.8. The Balaban J connectivity index is 1.30. The van der Waals surface area contributed by atoms with Crippen LogP contribution in [0.2, 0.25) is 0 Å². The van der Waals surface area contributed by atoms with Crippen LogP contribution in [0.5, 0.6) is 5.75 Å². The van der Waals surface area contributed by atoms with Crippen LogP contribution in [0, 0.1) is 29.5 Å². The van der Waals surface area contributed by atoms with Gasteiger partial charge >= 0.3 is 17.9 Å². The molecule has 2 bridgehead atoms. The first-order valence-electron chi connectivity index (χ1n) is 12.0. The fourth-order valence-corrected chi connectivity index (χ4v) is 6.50. The van der Waals surface area contributed by atoms with Crippen LogP contribution in [-0.2, 0) is 33.9 Å². The molecule has 1 saturated heterocycles. The van der Waals surface area contributed by atoms with E-state index in [4.69, 9.17) is 23.5 Å². The first-order chi connectivity index (χ1) is 17.0. The molecule has 4 aliphatic rings. The minimum atomic E-state index is -4.33. The Hall–Kier alpha value is -2.73. The first kappa shape index (κ1) is 24.9. The molecule has 10 nitrogen and oxygen atoms in total. The van der Waals surface area contributed by atoms with Gasteiger partial charge in [-0.15, -0.1) is 0 Å². The van der Waals surface area contributed by atoms with Gasteiger partial charge in [-0.2, -0.15) is 8.42 Å². The molecule has 0 radical (unpaired) electrons. The molecule has 36 heavy (non-hydrogen) atoms. The smallest absolute Gasteiger partial charge is 0.338 e. The lowest BCUT2D eigenvalue weighted by Crippen LogP contribution is -2.44. The van der Waals surface area contributed by atoms with Crippen molar-refractivity contribution < 1.29 is 50.7 Å². The Morgan fingerprint density at radius 2 is 1.94 bits per heavy atom. The van der Waals surface area contributed by atoms with E-state index in [1.54, 1.807) is 0 Å².